The van der Waals surface area contributed by atoms with E-state index in [9.17, 15) is 27.2 Å². The molecule has 0 aliphatic carbocycles. The Labute approximate surface area is 301 Å². The lowest BCUT2D eigenvalue weighted by Crippen LogP contribution is -2.55. The van der Waals surface area contributed by atoms with Gasteiger partial charge in [-0.1, -0.05) is 35.9 Å². The zero-order valence-electron chi connectivity index (χ0n) is 28.0. The number of likely N-dealkylation sites (tertiary alicyclic amines) is 2. The highest BCUT2D eigenvalue weighted by atomic mass is 35.5. The van der Waals surface area contributed by atoms with E-state index in [1.807, 2.05) is 0 Å². The van der Waals surface area contributed by atoms with Crippen molar-refractivity contribution in [3.63, 3.8) is 0 Å². The molecule has 15 heteroatoms. The first-order chi connectivity index (χ1) is 24.8. The van der Waals surface area contributed by atoms with Crippen LogP contribution in [0, 0.1) is 11.6 Å². The molecule has 3 unspecified atom stereocenters. The van der Waals surface area contributed by atoms with Crippen molar-refractivity contribution >= 4 is 35.4 Å². The maximum atomic E-state index is 15.1. The average Bonchev–Trinajstić information content (AvgIpc) is 3.62. The summed E-state index contributed by atoms with van der Waals surface area (Å²) in [5.41, 5.74) is 6.57. The second kappa shape index (κ2) is 15.4. The number of aromatic amines is 1. The summed E-state index contributed by atoms with van der Waals surface area (Å²) in [6, 6.07) is 13.4. The number of halogens is 6. The molecule has 0 radical (unpaired) electrons. The van der Waals surface area contributed by atoms with Crippen molar-refractivity contribution in [3.05, 3.63) is 112 Å². The molecule has 4 aromatic rings. The van der Waals surface area contributed by atoms with Gasteiger partial charge in [-0.2, -0.15) is 13.2 Å². The first-order valence-corrected chi connectivity index (χ1v) is 17.0. The maximum absolute atomic E-state index is 15.1. The number of benzene rings is 3. The third-order valence-corrected chi connectivity index (χ3v) is 9.95. The Balaban J connectivity index is 1.41. The van der Waals surface area contributed by atoms with Gasteiger partial charge in [-0.25, -0.2) is 18.6 Å². The quantitative estimate of drug-likeness (QED) is 0.132. The first kappa shape index (κ1) is 37.0. The molecule has 274 valence electrons. The molecule has 0 saturated carbocycles. The van der Waals surface area contributed by atoms with E-state index in [2.05, 4.69) is 24.9 Å². The Bertz CT molecular complexity index is 1930. The van der Waals surface area contributed by atoms with E-state index in [-0.39, 0.29) is 18.6 Å². The highest BCUT2D eigenvalue weighted by molar-refractivity contribution is 6.31. The lowest BCUT2D eigenvalue weighted by molar-refractivity contribution is -0.138. The first-order valence-electron chi connectivity index (χ1n) is 16.6. The summed E-state index contributed by atoms with van der Waals surface area (Å²) < 4.78 is 75.5. The Morgan fingerprint density at radius 2 is 1.73 bits per heavy atom. The zero-order chi connectivity index (χ0) is 37.2. The van der Waals surface area contributed by atoms with Crippen LogP contribution in [0.25, 0.3) is 17.3 Å². The van der Waals surface area contributed by atoms with Crippen LogP contribution in [0.2, 0.25) is 5.02 Å². The number of rotatable bonds is 7. The Kier molecular flexibility index (Phi) is 11.0. The molecule has 3 aromatic carbocycles. The molecule has 4 N–H and O–H groups in total. The number of hydrogen-bond acceptors (Lipinski definition) is 6. The number of amides is 2. The largest absolute Gasteiger partial charge is 0.453 e. The molecule has 52 heavy (non-hydrogen) atoms. The molecule has 3 heterocycles. The molecule has 3 atom stereocenters. The number of carbonyl (C=O) groups excluding carboxylic acids is 2. The van der Waals surface area contributed by atoms with Crippen molar-refractivity contribution in [2.24, 2.45) is 5.73 Å². The lowest BCUT2D eigenvalue weighted by atomic mass is 9.80. The van der Waals surface area contributed by atoms with E-state index in [0.717, 1.165) is 36.6 Å². The molecule has 6 rings (SSSR count). The van der Waals surface area contributed by atoms with Crippen LogP contribution in [0.4, 0.5) is 32.4 Å². The number of carbonyl (C=O) groups is 2. The van der Waals surface area contributed by atoms with Crippen LogP contribution in [0.15, 0.2) is 72.9 Å². The van der Waals surface area contributed by atoms with Crippen molar-refractivity contribution in [1.82, 2.24) is 19.8 Å². The molecule has 2 fully saturated rings. The van der Waals surface area contributed by atoms with E-state index in [4.69, 9.17) is 17.3 Å². The van der Waals surface area contributed by atoms with E-state index in [0.29, 0.717) is 48.3 Å². The van der Waals surface area contributed by atoms with Crippen LogP contribution in [0.5, 0.6) is 0 Å². The molecular weight excluding hydrogens is 707 g/mol. The summed E-state index contributed by atoms with van der Waals surface area (Å²) >= 11 is 5.86. The van der Waals surface area contributed by atoms with Crippen molar-refractivity contribution in [3.8, 4) is 11.3 Å². The topological polar surface area (TPSA) is 117 Å². The summed E-state index contributed by atoms with van der Waals surface area (Å²) in [6.07, 6.45) is -0.178. The Hall–Kier alpha value is -4.79. The number of nitrogens with two attached hydrogens (primary N) is 1. The van der Waals surface area contributed by atoms with Crippen LogP contribution in [0.1, 0.15) is 53.7 Å². The number of anilines is 1. The van der Waals surface area contributed by atoms with Crippen molar-refractivity contribution in [1.29, 1.82) is 0 Å². The van der Waals surface area contributed by atoms with Crippen LogP contribution in [0.3, 0.4) is 0 Å². The summed E-state index contributed by atoms with van der Waals surface area (Å²) in [5.74, 6) is -2.48. The van der Waals surface area contributed by atoms with E-state index < -0.39 is 57.9 Å². The van der Waals surface area contributed by atoms with Gasteiger partial charge in [0.1, 0.15) is 17.5 Å². The van der Waals surface area contributed by atoms with Crippen molar-refractivity contribution in [2.45, 2.75) is 49.5 Å². The van der Waals surface area contributed by atoms with Gasteiger partial charge in [0.05, 0.1) is 35.6 Å². The predicted molar refractivity (Wildman–Crippen MR) is 186 cm³/mol. The standard InChI is InChI=1S/C37H36ClF5N6O3/c1-52-36(51)46-25-8-4-22(5-9-25)31-19-45-35(47-31)34-28(21-2-6-23(39)7-3-21)18-26(48-16-14-24(44)15-17-48)20-49(34)32(50)13-10-27-29(37(41,42)43)11-12-30(38)33(27)40/h2-13,19,24,26,28,34H,14-18,20,44H2,1H3,(H,45,47)(H,46,51). The van der Waals surface area contributed by atoms with Gasteiger partial charge < -0.3 is 20.4 Å². The zero-order valence-corrected chi connectivity index (χ0v) is 28.7. The van der Waals surface area contributed by atoms with Crippen LogP contribution in [-0.2, 0) is 15.7 Å². The number of nitrogens with one attached hydrogen (secondary N) is 2. The number of imidazole rings is 1. The monoisotopic (exact) mass is 742 g/mol. The number of H-pyrrole nitrogens is 1. The second-order valence-electron chi connectivity index (χ2n) is 12.9. The number of alkyl halides is 3. The average molecular weight is 743 g/mol. The van der Waals surface area contributed by atoms with Crippen molar-refractivity contribution < 1.29 is 36.3 Å². The molecule has 2 saturated heterocycles. The van der Waals surface area contributed by atoms with Crippen LogP contribution >= 0.6 is 11.6 Å². The lowest BCUT2D eigenvalue weighted by Gasteiger charge is -2.48. The third kappa shape index (κ3) is 8.14. The maximum Gasteiger partial charge on any atom is 0.417 e. The summed E-state index contributed by atoms with van der Waals surface area (Å²) in [6.45, 7) is 1.53. The fourth-order valence-electron chi connectivity index (χ4n) is 6.96. The SMILES string of the molecule is COC(=O)Nc1ccc(-c2cnc(C3C(c4ccc(F)cc4)CC(N4CCC(N)CC4)CN3C(=O)C=Cc3c(C(F)(F)F)ccc(Cl)c3F)[nH]2)cc1. The highest BCUT2D eigenvalue weighted by Crippen LogP contribution is 2.44. The summed E-state index contributed by atoms with van der Waals surface area (Å²) in [4.78, 5) is 37.7. The number of aromatic nitrogens is 2. The van der Waals surface area contributed by atoms with E-state index >= 15 is 4.39 Å². The van der Waals surface area contributed by atoms with Gasteiger partial charge >= 0.3 is 12.3 Å². The molecular formula is C37H36ClF5N6O3. The minimum absolute atomic E-state index is 0.0448. The Morgan fingerprint density at radius 1 is 1.04 bits per heavy atom. The fraction of sp³-hybridized carbons (Fsp3) is 0.324. The molecule has 0 bridgehead atoms. The van der Waals surface area contributed by atoms with Crippen LogP contribution < -0.4 is 11.1 Å². The van der Waals surface area contributed by atoms with E-state index in [1.165, 1.54) is 24.1 Å². The Morgan fingerprint density at radius 3 is 2.38 bits per heavy atom. The number of hydrogen-bond donors (Lipinski definition) is 3. The fourth-order valence-corrected chi connectivity index (χ4v) is 7.12. The molecule has 2 aliphatic rings. The normalized spacial score (nSPS) is 20.3. The number of ether oxygens (including phenoxy) is 1. The van der Waals surface area contributed by atoms with Gasteiger partial charge in [0, 0.05) is 41.9 Å². The van der Waals surface area contributed by atoms with Gasteiger partial charge in [-0.3, -0.25) is 15.0 Å². The van der Waals surface area contributed by atoms with Gasteiger partial charge in [-0.05, 0) is 86.0 Å². The molecule has 0 spiro atoms. The van der Waals surface area contributed by atoms with Gasteiger partial charge in [0.25, 0.3) is 0 Å². The smallest absolute Gasteiger partial charge is 0.417 e. The van der Waals surface area contributed by atoms with Crippen LogP contribution in [-0.4, -0.2) is 70.6 Å². The summed E-state index contributed by atoms with van der Waals surface area (Å²) in [7, 11) is 1.25. The number of piperidine rings is 2. The van der Waals surface area contributed by atoms with E-state index in [1.54, 1.807) is 42.6 Å². The predicted octanol–water partition coefficient (Wildman–Crippen LogP) is 7.77. The molecule has 9 nitrogen and oxygen atoms in total. The minimum Gasteiger partial charge on any atom is -0.453 e. The third-order valence-electron chi connectivity index (χ3n) is 9.66. The van der Waals surface area contributed by atoms with Gasteiger partial charge in [-0.15, -0.1) is 0 Å². The molecule has 1 aromatic heterocycles. The second-order valence-corrected chi connectivity index (χ2v) is 13.3. The number of methoxy groups -OCH3 is 1. The minimum atomic E-state index is -4.91. The highest BCUT2D eigenvalue weighted by Gasteiger charge is 2.43. The summed E-state index contributed by atoms with van der Waals surface area (Å²) in [5, 5.41) is 2.06. The van der Waals surface area contributed by atoms with Crippen molar-refractivity contribution in [2.75, 3.05) is 32.1 Å². The number of nitrogens with zero attached hydrogens (tertiary/aromatic N) is 3. The van der Waals surface area contributed by atoms with Gasteiger partial charge in [0.15, 0.2) is 0 Å². The van der Waals surface area contributed by atoms with Gasteiger partial charge in [0.2, 0.25) is 5.91 Å². The molecule has 2 aliphatic heterocycles. The molecule has 2 amide bonds.